The number of thioether (sulfide) groups is 1. The molecular formula is C17H19BrF2N4O2S. The molecule has 0 saturated heterocycles. The molecule has 1 aromatic heterocycles. The van der Waals surface area contributed by atoms with E-state index in [1.807, 2.05) is 19.9 Å². The zero-order chi connectivity index (χ0) is 19.7. The van der Waals surface area contributed by atoms with Crippen molar-refractivity contribution >= 4 is 27.7 Å². The highest BCUT2D eigenvalue weighted by Crippen LogP contribution is 2.38. The first-order chi connectivity index (χ1) is 12.7. The largest absolute Gasteiger partial charge is 0.497 e. The third-order valence-electron chi connectivity index (χ3n) is 3.82. The van der Waals surface area contributed by atoms with E-state index in [2.05, 4.69) is 31.7 Å². The molecule has 0 fully saturated rings. The SMILES string of the molecule is COc1ccc(Cn2nnc(CSC3=CC(C)(C)ON3)c2C(F)(F)Br)cc1. The Morgan fingerprint density at radius 3 is 2.59 bits per heavy atom. The normalized spacial score (nSPS) is 16.1. The van der Waals surface area contributed by atoms with Gasteiger partial charge in [0.25, 0.3) is 0 Å². The van der Waals surface area contributed by atoms with Gasteiger partial charge in [-0.3, -0.25) is 10.3 Å². The maximum atomic E-state index is 14.2. The van der Waals surface area contributed by atoms with Crippen LogP contribution in [0.4, 0.5) is 8.78 Å². The van der Waals surface area contributed by atoms with Crippen LogP contribution in [-0.4, -0.2) is 27.7 Å². The van der Waals surface area contributed by atoms with Crippen LogP contribution < -0.4 is 10.2 Å². The van der Waals surface area contributed by atoms with Crippen LogP contribution in [0.15, 0.2) is 35.4 Å². The molecular weight excluding hydrogens is 442 g/mol. The fourth-order valence-electron chi connectivity index (χ4n) is 2.54. The molecule has 0 spiro atoms. The molecule has 0 amide bonds. The van der Waals surface area contributed by atoms with Crippen LogP contribution in [0.25, 0.3) is 0 Å². The molecule has 0 atom stereocenters. The van der Waals surface area contributed by atoms with Crippen LogP contribution in [0.2, 0.25) is 0 Å². The van der Waals surface area contributed by atoms with Crippen molar-refractivity contribution in [3.8, 4) is 5.75 Å². The molecule has 3 rings (SSSR count). The van der Waals surface area contributed by atoms with E-state index in [-0.39, 0.29) is 23.7 Å². The summed E-state index contributed by atoms with van der Waals surface area (Å²) in [7, 11) is 1.57. The molecule has 0 radical (unpaired) electrons. The van der Waals surface area contributed by atoms with Gasteiger partial charge >= 0.3 is 4.83 Å². The Morgan fingerprint density at radius 1 is 1.33 bits per heavy atom. The van der Waals surface area contributed by atoms with Gasteiger partial charge in [-0.25, -0.2) is 4.68 Å². The van der Waals surface area contributed by atoms with Crippen molar-refractivity contribution in [3.05, 3.63) is 52.3 Å². The highest BCUT2D eigenvalue weighted by Gasteiger charge is 2.36. The lowest BCUT2D eigenvalue weighted by Crippen LogP contribution is -2.20. The van der Waals surface area contributed by atoms with Crippen LogP contribution in [0.1, 0.15) is 30.8 Å². The van der Waals surface area contributed by atoms with E-state index in [1.165, 1.54) is 16.4 Å². The van der Waals surface area contributed by atoms with Gasteiger partial charge in [-0.05, 0) is 53.5 Å². The second-order valence-electron chi connectivity index (χ2n) is 6.49. The molecule has 6 nitrogen and oxygen atoms in total. The van der Waals surface area contributed by atoms with Gasteiger partial charge in [-0.2, -0.15) is 8.78 Å². The molecule has 1 aliphatic rings. The Labute approximate surface area is 168 Å². The third-order valence-corrected chi connectivity index (χ3v) is 5.13. The number of nitrogens with one attached hydrogen (secondary N) is 1. The molecule has 2 heterocycles. The van der Waals surface area contributed by atoms with Crippen molar-refractivity contribution in [2.45, 2.75) is 36.6 Å². The Morgan fingerprint density at radius 2 is 2.04 bits per heavy atom. The first-order valence-corrected chi connectivity index (χ1v) is 9.88. The summed E-state index contributed by atoms with van der Waals surface area (Å²) in [6.07, 6.45) is 1.89. The molecule has 1 aliphatic heterocycles. The predicted octanol–water partition coefficient (Wildman–Crippen LogP) is 4.17. The fraction of sp³-hybridized carbons (Fsp3) is 0.412. The van der Waals surface area contributed by atoms with Crippen LogP contribution in [0, 0.1) is 0 Å². The van der Waals surface area contributed by atoms with E-state index in [0.717, 1.165) is 10.6 Å². The third kappa shape index (κ3) is 4.99. The zero-order valence-electron chi connectivity index (χ0n) is 15.0. The number of hydrogen-bond acceptors (Lipinski definition) is 6. The predicted molar refractivity (Wildman–Crippen MR) is 103 cm³/mol. The lowest BCUT2D eigenvalue weighted by molar-refractivity contribution is -0.0126. The van der Waals surface area contributed by atoms with Gasteiger partial charge in [-0.1, -0.05) is 17.3 Å². The minimum atomic E-state index is -3.24. The van der Waals surface area contributed by atoms with Crippen molar-refractivity contribution in [3.63, 3.8) is 0 Å². The molecule has 0 saturated carbocycles. The van der Waals surface area contributed by atoms with E-state index in [1.54, 1.807) is 31.4 Å². The van der Waals surface area contributed by atoms with Crippen molar-refractivity contribution in [2.75, 3.05) is 7.11 Å². The molecule has 1 aromatic carbocycles. The minimum Gasteiger partial charge on any atom is -0.497 e. The molecule has 146 valence electrons. The maximum Gasteiger partial charge on any atom is 0.344 e. The van der Waals surface area contributed by atoms with Crippen LogP contribution in [0.3, 0.4) is 0 Å². The van der Waals surface area contributed by atoms with Gasteiger partial charge in [0.1, 0.15) is 22.7 Å². The Hall–Kier alpha value is -1.65. The van der Waals surface area contributed by atoms with Gasteiger partial charge in [0, 0.05) is 5.75 Å². The molecule has 2 aromatic rings. The molecule has 0 bridgehead atoms. The molecule has 0 aliphatic carbocycles. The number of halogens is 3. The highest BCUT2D eigenvalue weighted by atomic mass is 79.9. The van der Waals surface area contributed by atoms with Crippen molar-refractivity contribution in [1.82, 2.24) is 20.5 Å². The van der Waals surface area contributed by atoms with Gasteiger partial charge in [0.2, 0.25) is 0 Å². The van der Waals surface area contributed by atoms with Crippen molar-refractivity contribution in [2.24, 2.45) is 0 Å². The molecule has 10 heteroatoms. The number of hydroxylamine groups is 1. The molecule has 27 heavy (non-hydrogen) atoms. The topological polar surface area (TPSA) is 61.2 Å². The smallest absolute Gasteiger partial charge is 0.344 e. The number of methoxy groups -OCH3 is 1. The van der Waals surface area contributed by atoms with E-state index in [4.69, 9.17) is 9.57 Å². The summed E-state index contributed by atoms with van der Waals surface area (Å²) in [6, 6.07) is 7.15. The summed E-state index contributed by atoms with van der Waals surface area (Å²) in [6.45, 7) is 3.97. The standard InChI is InChI=1S/C17H19BrF2N4O2S/c1-16(2)8-14(22-26-16)27-10-13-15(17(18,19)20)24(23-21-13)9-11-4-6-12(25-3)7-5-11/h4-8,22H,9-10H2,1-3H3. The summed E-state index contributed by atoms with van der Waals surface area (Å²) in [5, 5.41) is 8.66. The van der Waals surface area contributed by atoms with Crippen molar-refractivity contribution < 1.29 is 18.4 Å². The number of nitrogens with zero attached hydrogens (tertiary/aromatic N) is 3. The van der Waals surface area contributed by atoms with Crippen molar-refractivity contribution in [1.29, 1.82) is 0 Å². The summed E-state index contributed by atoms with van der Waals surface area (Å²) < 4.78 is 34.7. The molecule has 0 unspecified atom stereocenters. The van der Waals surface area contributed by atoms with Gasteiger partial charge in [0.15, 0.2) is 0 Å². The summed E-state index contributed by atoms with van der Waals surface area (Å²) in [5.74, 6) is 0.931. The number of ether oxygens (including phenoxy) is 1. The average molecular weight is 461 g/mol. The van der Waals surface area contributed by atoms with Gasteiger partial charge in [0.05, 0.1) is 18.7 Å². The zero-order valence-corrected chi connectivity index (χ0v) is 17.4. The highest BCUT2D eigenvalue weighted by molar-refractivity contribution is 9.09. The first kappa shape index (κ1) is 20.1. The Kier molecular flexibility index (Phi) is 5.78. The first-order valence-electron chi connectivity index (χ1n) is 8.10. The minimum absolute atomic E-state index is 0.176. The Balaban J connectivity index is 1.79. The maximum absolute atomic E-state index is 14.2. The lowest BCUT2D eigenvalue weighted by atomic mass is 10.1. The quantitative estimate of drug-likeness (QED) is 0.625. The van der Waals surface area contributed by atoms with Crippen LogP contribution in [0.5, 0.6) is 5.75 Å². The fourth-order valence-corrected chi connectivity index (χ4v) is 3.93. The number of rotatable bonds is 7. The van der Waals surface area contributed by atoms with E-state index < -0.39 is 10.4 Å². The Bertz CT molecular complexity index is 834. The van der Waals surface area contributed by atoms with E-state index >= 15 is 0 Å². The summed E-state index contributed by atoms with van der Waals surface area (Å²) in [5.41, 5.74) is 3.12. The van der Waals surface area contributed by atoms with Crippen LogP contribution >= 0.6 is 27.7 Å². The monoisotopic (exact) mass is 460 g/mol. The summed E-state index contributed by atoms with van der Waals surface area (Å²) >= 11 is 3.79. The van der Waals surface area contributed by atoms with E-state index in [0.29, 0.717) is 5.75 Å². The van der Waals surface area contributed by atoms with Crippen LogP contribution in [-0.2, 0) is 22.0 Å². The summed E-state index contributed by atoms with van der Waals surface area (Å²) in [4.78, 5) is 2.13. The average Bonchev–Trinajstić information content (AvgIpc) is 3.16. The number of alkyl halides is 3. The number of aromatic nitrogens is 3. The second kappa shape index (κ2) is 7.76. The number of hydrogen-bond donors (Lipinski definition) is 1. The van der Waals surface area contributed by atoms with Gasteiger partial charge < -0.3 is 4.74 Å². The molecule has 1 N–H and O–H groups in total. The number of benzene rings is 1. The lowest BCUT2D eigenvalue weighted by Gasteiger charge is -2.13. The van der Waals surface area contributed by atoms with Gasteiger partial charge in [-0.15, -0.1) is 16.9 Å². The second-order valence-corrected chi connectivity index (χ2v) is 8.51. The van der Waals surface area contributed by atoms with E-state index in [9.17, 15) is 8.78 Å².